The monoisotopic (exact) mass is 201 g/mol. The molecular formula is C10H19NO3. The van der Waals surface area contributed by atoms with Crippen LogP contribution in [0, 0.1) is 5.92 Å². The second-order valence-corrected chi connectivity index (χ2v) is 3.80. The highest BCUT2D eigenvalue weighted by atomic mass is 16.3. The third-order valence-electron chi connectivity index (χ3n) is 1.88. The van der Waals surface area contributed by atoms with Crippen molar-refractivity contribution in [2.75, 3.05) is 6.54 Å². The van der Waals surface area contributed by atoms with Crippen LogP contribution in [-0.2, 0) is 9.59 Å². The molecule has 0 bridgehead atoms. The van der Waals surface area contributed by atoms with Crippen molar-refractivity contribution in [3.05, 3.63) is 0 Å². The molecule has 82 valence electrons. The average molecular weight is 201 g/mol. The van der Waals surface area contributed by atoms with Crippen molar-refractivity contribution in [2.45, 2.75) is 39.2 Å². The fraction of sp³-hybridized carbons (Fsp3) is 0.800. The number of hydrogen-bond donors (Lipinski definition) is 2. The Hall–Kier alpha value is -0.900. The lowest BCUT2D eigenvalue weighted by molar-refractivity contribution is -0.124. The van der Waals surface area contributed by atoms with Crippen molar-refractivity contribution in [1.82, 2.24) is 5.32 Å². The molecule has 0 heterocycles. The highest BCUT2D eigenvalue weighted by Gasteiger charge is 2.10. The zero-order valence-electron chi connectivity index (χ0n) is 8.82. The van der Waals surface area contributed by atoms with Gasteiger partial charge in [0.05, 0.1) is 19.1 Å². The summed E-state index contributed by atoms with van der Waals surface area (Å²) in [7, 11) is 0. The summed E-state index contributed by atoms with van der Waals surface area (Å²) >= 11 is 0. The van der Waals surface area contributed by atoms with Gasteiger partial charge in [0.1, 0.15) is 6.29 Å². The number of nitrogens with one attached hydrogen (secondary N) is 1. The van der Waals surface area contributed by atoms with Crippen LogP contribution in [0.4, 0.5) is 0 Å². The van der Waals surface area contributed by atoms with E-state index in [1.54, 1.807) is 0 Å². The minimum absolute atomic E-state index is 0.0235. The van der Waals surface area contributed by atoms with E-state index in [0.717, 1.165) is 6.42 Å². The number of aldehydes is 1. The Morgan fingerprint density at radius 1 is 1.43 bits per heavy atom. The largest absolute Gasteiger partial charge is 0.393 e. The van der Waals surface area contributed by atoms with Crippen LogP contribution in [0.2, 0.25) is 0 Å². The maximum atomic E-state index is 11.0. The Morgan fingerprint density at radius 2 is 2.07 bits per heavy atom. The molecule has 14 heavy (non-hydrogen) atoms. The maximum absolute atomic E-state index is 11.0. The minimum Gasteiger partial charge on any atom is -0.393 e. The van der Waals surface area contributed by atoms with Gasteiger partial charge in [-0.25, -0.2) is 0 Å². The Bertz CT molecular complexity index is 180. The molecule has 4 nitrogen and oxygen atoms in total. The molecule has 0 aliphatic rings. The van der Waals surface area contributed by atoms with E-state index >= 15 is 0 Å². The maximum Gasteiger partial charge on any atom is 0.222 e. The quantitative estimate of drug-likeness (QED) is 0.589. The average Bonchev–Trinajstić information content (AvgIpc) is 2.11. The van der Waals surface area contributed by atoms with Crippen LogP contribution < -0.4 is 5.32 Å². The lowest BCUT2D eigenvalue weighted by Gasteiger charge is -2.11. The molecule has 2 N–H and O–H groups in total. The van der Waals surface area contributed by atoms with E-state index in [0.29, 0.717) is 18.6 Å². The van der Waals surface area contributed by atoms with Gasteiger partial charge in [0.25, 0.3) is 0 Å². The number of hydrogen-bond acceptors (Lipinski definition) is 3. The Morgan fingerprint density at radius 3 is 2.57 bits per heavy atom. The summed E-state index contributed by atoms with van der Waals surface area (Å²) in [4.78, 5) is 21.0. The number of aliphatic hydroxyl groups excluding tert-OH is 1. The van der Waals surface area contributed by atoms with Gasteiger partial charge >= 0.3 is 0 Å². The molecule has 0 aliphatic carbocycles. The molecule has 0 radical (unpaired) electrons. The van der Waals surface area contributed by atoms with E-state index in [2.05, 4.69) is 19.2 Å². The van der Waals surface area contributed by atoms with E-state index in [9.17, 15) is 14.7 Å². The first-order valence-electron chi connectivity index (χ1n) is 4.94. The van der Waals surface area contributed by atoms with Crippen LogP contribution in [-0.4, -0.2) is 29.9 Å². The topological polar surface area (TPSA) is 66.4 Å². The second kappa shape index (κ2) is 7.50. The van der Waals surface area contributed by atoms with Crippen molar-refractivity contribution in [1.29, 1.82) is 0 Å². The van der Waals surface area contributed by atoms with E-state index < -0.39 is 6.10 Å². The third-order valence-corrected chi connectivity index (χ3v) is 1.88. The number of carbonyl (C=O) groups is 2. The van der Waals surface area contributed by atoms with Gasteiger partial charge in [-0.15, -0.1) is 0 Å². The summed E-state index contributed by atoms with van der Waals surface area (Å²) in [6, 6.07) is 0. The summed E-state index contributed by atoms with van der Waals surface area (Å²) in [5.41, 5.74) is 0. The summed E-state index contributed by atoms with van der Waals surface area (Å²) in [5, 5.41) is 11.8. The second-order valence-electron chi connectivity index (χ2n) is 3.80. The highest BCUT2D eigenvalue weighted by molar-refractivity contribution is 5.78. The van der Waals surface area contributed by atoms with Crippen LogP contribution in [0.1, 0.15) is 33.1 Å². The van der Waals surface area contributed by atoms with Gasteiger partial charge in [-0.2, -0.15) is 0 Å². The standard InChI is InChI=1S/C10H19NO3/c1-8(2)3-4-9(13)7-10(14)11-5-6-12/h6,8-9,13H,3-5,7H2,1-2H3,(H,11,14). The molecule has 0 aromatic rings. The molecular weight excluding hydrogens is 182 g/mol. The van der Waals surface area contributed by atoms with Gasteiger partial charge in [-0.05, 0) is 18.8 Å². The number of carbonyl (C=O) groups excluding carboxylic acids is 2. The van der Waals surface area contributed by atoms with Crippen LogP contribution >= 0.6 is 0 Å². The van der Waals surface area contributed by atoms with Crippen molar-refractivity contribution in [2.24, 2.45) is 5.92 Å². The molecule has 0 rings (SSSR count). The fourth-order valence-corrected chi connectivity index (χ4v) is 1.07. The van der Waals surface area contributed by atoms with E-state index in [1.807, 2.05) is 0 Å². The molecule has 4 heteroatoms. The van der Waals surface area contributed by atoms with Crippen LogP contribution in [0.15, 0.2) is 0 Å². The molecule has 0 spiro atoms. The van der Waals surface area contributed by atoms with Gasteiger partial charge in [-0.1, -0.05) is 13.8 Å². The lowest BCUT2D eigenvalue weighted by Crippen LogP contribution is -2.28. The first-order valence-corrected chi connectivity index (χ1v) is 4.94. The SMILES string of the molecule is CC(C)CCC(O)CC(=O)NCC=O. The van der Waals surface area contributed by atoms with Crippen molar-refractivity contribution in [3.63, 3.8) is 0 Å². The zero-order valence-corrected chi connectivity index (χ0v) is 8.82. The number of amides is 1. The number of rotatable bonds is 7. The fourth-order valence-electron chi connectivity index (χ4n) is 1.07. The molecule has 0 aromatic carbocycles. The van der Waals surface area contributed by atoms with Gasteiger partial charge in [0.2, 0.25) is 5.91 Å². The molecule has 1 atom stereocenters. The van der Waals surface area contributed by atoms with Crippen LogP contribution in [0.3, 0.4) is 0 Å². The predicted molar refractivity (Wildman–Crippen MR) is 53.8 cm³/mol. The summed E-state index contributed by atoms with van der Waals surface area (Å²) in [6.07, 6.45) is 1.65. The normalized spacial score (nSPS) is 12.6. The summed E-state index contributed by atoms with van der Waals surface area (Å²) in [6.45, 7) is 4.16. The van der Waals surface area contributed by atoms with E-state index in [1.165, 1.54) is 0 Å². The molecule has 0 aromatic heterocycles. The van der Waals surface area contributed by atoms with Crippen molar-refractivity contribution in [3.8, 4) is 0 Å². The van der Waals surface area contributed by atoms with Crippen LogP contribution in [0.25, 0.3) is 0 Å². The third kappa shape index (κ3) is 7.73. The van der Waals surface area contributed by atoms with Gasteiger partial charge < -0.3 is 15.2 Å². The molecule has 0 fully saturated rings. The first kappa shape index (κ1) is 13.1. The number of aliphatic hydroxyl groups is 1. The van der Waals surface area contributed by atoms with Crippen molar-refractivity contribution < 1.29 is 14.7 Å². The minimum atomic E-state index is -0.593. The van der Waals surface area contributed by atoms with E-state index in [4.69, 9.17) is 0 Å². The molecule has 1 amide bonds. The molecule has 1 unspecified atom stereocenters. The summed E-state index contributed by atoms with van der Waals surface area (Å²) in [5.74, 6) is 0.260. The van der Waals surface area contributed by atoms with E-state index in [-0.39, 0.29) is 18.9 Å². The summed E-state index contributed by atoms with van der Waals surface area (Å²) < 4.78 is 0. The smallest absolute Gasteiger partial charge is 0.222 e. The van der Waals surface area contributed by atoms with Gasteiger partial charge in [0.15, 0.2) is 0 Å². The van der Waals surface area contributed by atoms with Crippen molar-refractivity contribution >= 4 is 12.2 Å². The van der Waals surface area contributed by atoms with Gasteiger partial charge in [0, 0.05) is 0 Å². The highest BCUT2D eigenvalue weighted by Crippen LogP contribution is 2.08. The predicted octanol–water partition coefficient (Wildman–Crippen LogP) is 0.489. The molecule has 0 saturated carbocycles. The lowest BCUT2D eigenvalue weighted by atomic mass is 10.0. The Balaban J connectivity index is 3.54. The zero-order chi connectivity index (χ0) is 11.0. The van der Waals surface area contributed by atoms with Crippen LogP contribution in [0.5, 0.6) is 0 Å². The molecule has 0 saturated heterocycles. The molecule has 0 aliphatic heterocycles. The van der Waals surface area contributed by atoms with Gasteiger partial charge in [-0.3, -0.25) is 4.79 Å². The Kier molecular flexibility index (Phi) is 7.02. The Labute approximate surface area is 84.7 Å². The first-order chi connectivity index (χ1) is 6.56.